The lowest BCUT2D eigenvalue weighted by atomic mass is 10.1. The zero-order valence-electron chi connectivity index (χ0n) is 14.1. The summed E-state index contributed by atoms with van der Waals surface area (Å²) in [5.74, 6) is -0.388. The lowest BCUT2D eigenvalue weighted by Gasteiger charge is -2.30. The Hall–Kier alpha value is -2.74. The molecule has 0 radical (unpaired) electrons. The smallest absolute Gasteiger partial charge is 0.328 e. The number of nitrogens with zero attached hydrogens (tertiary/aromatic N) is 3. The van der Waals surface area contributed by atoms with Crippen LogP contribution in [0.3, 0.4) is 0 Å². The number of nitrogens with one attached hydrogen (secondary N) is 1. The predicted octanol–water partition coefficient (Wildman–Crippen LogP) is 2.39. The highest BCUT2D eigenvalue weighted by Gasteiger charge is 2.35. The molecule has 1 aliphatic heterocycles. The zero-order chi connectivity index (χ0) is 18.1. The van der Waals surface area contributed by atoms with Crippen LogP contribution in [-0.2, 0) is 11.3 Å². The van der Waals surface area contributed by atoms with Crippen LogP contribution in [0, 0.1) is 0 Å². The molecule has 1 saturated heterocycles. The van der Waals surface area contributed by atoms with Crippen molar-refractivity contribution in [3.63, 3.8) is 0 Å². The molecule has 1 aromatic heterocycles. The fourth-order valence-corrected chi connectivity index (χ4v) is 3.67. The van der Waals surface area contributed by atoms with E-state index in [1.165, 1.54) is 16.2 Å². The number of anilines is 1. The van der Waals surface area contributed by atoms with Gasteiger partial charge < -0.3 is 4.90 Å². The number of carbonyl (C=O) groups is 3. The van der Waals surface area contributed by atoms with E-state index in [-0.39, 0.29) is 30.8 Å². The first kappa shape index (κ1) is 16.7. The highest BCUT2D eigenvalue weighted by molar-refractivity contribution is 7.09. The van der Waals surface area contributed by atoms with Gasteiger partial charge in [0.15, 0.2) is 0 Å². The largest absolute Gasteiger partial charge is 0.330 e. The Kier molecular flexibility index (Phi) is 4.42. The molecule has 134 valence electrons. The number of thiazole rings is 1. The van der Waals surface area contributed by atoms with Crippen molar-refractivity contribution in [1.29, 1.82) is 0 Å². The van der Waals surface area contributed by atoms with Crippen molar-refractivity contribution < 1.29 is 14.4 Å². The van der Waals surface area contributed by atoms with Crippen molar-refractivity contribution in [2.24, 2.45) is 0 Å². The third-order valence-electron chi connectivity index (χ3n) is 4.54. The van der Waals surface area contributed by atoms with Gasteiger partial charge in [-0.1, -0.05) is 12.1 Å². The summed E-state index contributed by atoms with van der Waals surface area (Å²) in [6.45, 7) is 0.792. The fourth-order valence-electron chi connectivity index (χ4n) is 3.08. The van der Waals surface area contributed by atoms with Gasteiger partial charge in [-0.25, -0.2) is 4.79 Å². The van der Waals surface area contributed by atoms with Crippen LogP contribution in [0.4, 0.5) is 10.5 Å². The standard InChI is InChI=1S/C18H18N4O3S/c23-16-7-8-21(18(25)20-16)15-4-2-1-3-14(15)17(24)22(12-5-6-12)10-13-9-19-11-26-13/h1-4,9,11-12H,5-8,10H2,(H,20,23,25). The van der Waals surface area contributed by atoms with Crippen LogP contribution in [0.5, 0.6) is 0 Å². The monoisotopic (exact) mass is 370 g/mol. The maximum atomic E-state index is 13.3. The van der Waals surface area contributed by atoms with E-state index in [2.05, 4.69) is 10.3 Å². The van der Waals surface area contributed by atoms with Crippen LogP contribution >= 0.6 is 11.3 Å². The Balaban J connectivity index is 1.63. The summed E-state index contributed by atoms with van der Waals surface area (Å²) in [6, 6.07) is 6.82. The number of urea groups is 1. The first-order valence-corrected chi connectivity index (χ1v) is 9.40. The summed E-state index contributed by atoms with van der Waals surface area (Å²) in [4.78, 5) is 45.3. The van der Waals surface area contributed by atoms with Crippen LogP contribution in [-0.4, -0.2) is 40.3 Å². The number of amides is 4. The molecule has 8 heteroatoms. The van der Waals surface area contributed by atoms with Gasteiger partial charge in [0, 0.05) is 30.1 Å². The van der Waals surface area contributed by atoms with Crippen LogP contribution in [0.15, 0.2) is 36.0 Å². The Morgan fingerprint density at radius 3 is 2.81 bits per heavy atom. The molecular weight excluding hydrogens is 352 g/mol. The Labute approximate surface area is 154 Å². The molecule has 1 saturated carbocycles. The van der Waals surface area contributed by atoms with Crippen molar-refractivity contribution in [3.8, 4) is 0 Å². The number of rotatable bonds is 5. The maximum Gasteiger partial charge on any atom is 0.328 e. The van der Waals surface area contributed by atoms with Crippen molar-refractivity contribution in [1.82, 2.24) is 15.2 Å². The molecule has 2 aliphatic rings. The van der Waals surface area contributed by atoms with Crippen LogP contribution in [0.2, 0.25) is 0 Å². The third kappa shape index (κ3) is 3.32. The predicted molar refractivity (Wildman–Crippen MR) is 97.0 cm³/mol. The molecule has 7 nitrogen and oxygen atoms in total. The molecule has 2 heterocycles. The Morgan fingerprint density at radius 2 is 2.12 bits per heavy atom. The van der Waals surface area contributed by atoms with Crippen LogP contribution in [0.1, 0.15) is 34.5 Å². The minimum absolute atomic E-state index is 0.0961. The molecule has 1 aliphatic carbocycles. The molecule has 0 bridgehead atoms. The first-order chi connectivity index (χ1) is 12.6. The number of para-hydroxylation sites is 1. The number of imide groups is 1. The summed E-state index contributed by atoms with van der Waals surface area (Å²) in [5, 5.41) is 2.31. The lowest BCUT2D eigenvalue weighted by molar-refractivity contribution is -0.120. The van der Waals surface area contributed by atoms with Gasteiger partial charge in [-0.2, -0.15) is 0 Å². The molecule has 26 heavy (non-hydrogen) atoms. The topological polar surface area (TPSA) is 82.6 Å². The number of carbonyl (C=O) groups excluding carboxylic acids is 3. The Morgan fingerprint density at radius 1 is 1.31 bits per heavy atom. The van der Waals surface area contributed by atoms with E-state index in [4.69, 9.17) is 0 Å². The quantitative estimate of drug-likeness (QED) is 0.876. The minimum Gasteiger partial charge on any atom is -0.330 e. The van der Waals surface area contributed by atoms with Gasteiger partial charge >= 0.3 is 6.03 Å². The van der Waals surface area contributed by atoms with E-state index in [9.17, 15) is 14.4 Å². The van der Waals surface area contributed by atoms with Crippen molar-refractivity contribution in [2.75, 3.05) is 11.4 Å². The van der Waals surface area contributed by atoms with Crippen molar-refractivity contribution in [2.45, 2.75) is 31.8 Å². The molecule has 0 unspecified atom stereocenters. The van der Waals surface area contributed by atoms with E-state index in [1.807, 2.05) is 4.90 Å². The van der Waals surface area contributed by atoms with Gasteiger partial charge in [0.05, 0.1) is 23.3 Å². The van der Waals surface area contributed by atoms with E-state index in [1.54, 1.807) is 36.0 Å². The van der Waals surface area contributed by atoms with Crippen molar-refractivity contribution in [3.05, 3.63) is 46.4 Å². The van der Waals surface area contributed by atoms with Gasteiger partial charge in [0.1, 0.15) is 0 Å². The van der Waals surface area contributed by atoms with Crippen molar-refractivity contribution >= 4 is 34.9 Å². The third-order valence-corrected chi connectivity index (χ3v) is 5.30. The van der Waals surface area contributed by atoms with Crippen LogP contribution < -0.4 is 10.2 Å². The summed E-state index contributed by atoms with van der Waals surface area (Å²) in [5.41, 5.74) is 2.78. The van der Waals surface area contributed by atoms with Gasteiger partial charge in [0.25, 0.3) is 5.91 Å². The second-order valence-corrected chi connectivity index (χ2v) is 7.37. The minimum atomic E-state index is -0.484. The lowest BCUT2D eigenvalue weighted by Crippen LogP contribution is -2.50. The Bertz CT molecular complexity index is 848. The summed E-state index contributed by atoms with van der Waals surface area (Å²) in [6.07, 6.45) is 3.99. The molecular formula is C18H18N4O3S. The second kappa shape index (κ2) is 6.87. The highest BCUT2D eigenvalue weighted by Crippen LogP contribution is 2.32. The average molecular weight is 370 g/mol. The second-order valence-electron chi connectivity index (χ2n) is 6.40. The summed E-state index contributed by atoms with van der Waals surface area (Å²) in [7, 11) is 0. The van der Waals surface area contributed by atoms with Crippen LogP contribution in [0.25, 0.3) is 0 Å². The first-order valence-electron chi connectivity index (χ1n) is 8.52. The maximum absolute atomic E-state index is 13.3. The summed E-state index contributed by atoms with van der Waals surface area (Å²) < 4.78 is 0. The van der Waals surface area contributed by atoms with Gasteiger partial charge in [-0.15, -0.1) is 11.3 Å². The SMILES string of the molecule is O=C1CCN(c2ccccc2C(=O)N(Cc2cncs2)C2CC2)C(=O)N1. The molecule has 1 N–H and O–H groups in total. The molecule has 0 spiro atoms. The molecule has 1 aromatic carbocycles. The van der Waals surface area contributed by atoms with E-state index >= 15 is 0 Å². The molecule has 4 amide bonds. The number of aromatic nitrogens is 1. The number of benzene rings is 1. The molecule has 0 atom stereocenters. The zero-order valence-corrected chi connectivity index (χ0v) is 14.9. The van der Waals surface area contributed by atoms with Gasteiger partial charge in [-0.05, 0) is 25.0 Å². The summed E-state index contributed by atoms with van der Waals surface area (Å²) >= 11 is 1.52. The van der Waals surface area contributed by atoms with E-state index in [0.29, 0.717) is 17.8 Å². The van der Waals surface area contributed by atoms with Gasteiger partial charge in [0.2, 0.25) is 5.91 Å². The molecule has 2 aromatic rings. The highest BCUT2D eigenvalue weighted by atomic mass is 32.1. The van der Waals surface area contributed by atoms with E-state index < -0.39 is 6.03 Å². The average Bonchev–Trinajstić information content (AvgIpc) is 3.35. The van der Waals surface area contributed by atoms with E-state index in [0.717, 1.165) is 17.7 Å². The number of hydrogen-bond donors (Lipinski definition) is 1. The number of hydrogen-bond acceptors (Lipinski definition) is 5. The normalized spacial score (nSPS) is 17.2. The molecule has 4 rings (SSSR count). The molecule has 2 fully saturated rings. The fraction of sp³-hybridized carbons (Fsp3) is 0.333. The van der Waals surface area contributed by atoms with Gasteiger partial charge in [-0.3, -0.25) is 24.8 Å².